The highest BCUT2D eigenvalue weighted by atomic mass is 28.4. The van der Waals surface area contributed by atoms with Crippen LogP contribution in [-0.2, 0) is 33.0 Å². The molecule has 3 heterocycles. The van der Waals surface area contributed by atoms with Crippen LogP contribution in [0.25, 0.3) is 16.5 Å². The number of aromatic nitrogens is 2. The van der Waals surface area contributed by atoms with E-state index in [0.717, 1.165) is 16.5 Å². The van der Waals surface area contributed by atoms with Gasteiger partial charge in [0.25, 0.3) is 11.5 Å². The zero-order valence-electron chi connectivity index (χ0n) is 30.3. The van der Waals surface area contributed by atoms with Gasteiger partial charge in [-0.2, -0.15) is 9.78 Å². The van der Waals surface area contributed by atoms with E-state index in [-0.39, 0.29) is 43.5 Å². The molecule has 11 nitrogen and oxygen atoms in total. The lowest BCUT2D eigenvalue weighted by molar-refractivity contribution is -0.150. The number of ether oxygens (including phenoxy) is 2. The van der Waals surface area contributed by atoms with Crippen LogP contribution in [0.4, 0.5) is 5.69 Å². The highest BCUT2D eigenvalue weighted by Gasteiger charge is 2.66. The largest absolute Gasteiger partial charge is 0.497 e. The van der Waals surface area contributed by atoms with Gasteiger partial charge in [0.1, 0.15) is 5.75 Å². The number of hydrogen-bond acceptors (Lipinski definition) is 8. The maximum Gasteiger partial charge on any atom is 0.279 e. The molecule has 0 unspecified atom stereocenters. The number of anilines is 1. The first-order valence-corrected chi connectivity index (χ1v) is 20.9. The standard InChI is InChI=1S/C41H44N4O7Si/c1-27-38(53(3,4)50)36(23-37(47)43(20-21-46)25-28-10-6-5-7-11-28)52-41(27)34-22-32(51-2)18-19-35(34)44(40(41)49)26-29-14-16-31(17-15-29)45-39(48)33-13-9-8-12-30(33)24-42-45/h5-19,22,24,27,36,38,46,50H,20-21,23,25-26H2,1-4H3/t27-,36+,38-,41+/m0/s1. The van der Waals surface area contributed by atoms with Crippen molar-refractivity contribution in [3.05, 3.63) is 130 Å². The van der Waals surface area contributed by atoms with Gasteiger partial charge in [0.2, 0.25) is 5.91 Å². The summed E-state index contributed by atoms with van der Waals surface area (Å²) in [5.74, 6) is -0.433. The zero-order valence-corrected chi connectivity index (χ0v) is 31.3. The number of rotatable bonds is 11. The number of hydrogen-bond donors (Lipinski definition) is 2. The van der Waals surface area contributed by atoms with Crippen LogP contribution >= 0.6 is 0 Å². The van der Waals surface area contributed by atoms with E-state index >= 15 is 0 Å². The molecule has 1 saturated heterocycles. The van der Waals surface area contributed by atoms with Crippen molar-refractivity contribution in [3.8, 4) is 11.4 Å². The van der Waals surface area contributed by atoms with Gasteiger partial charge in [0.15, 0.2) is 13.9 Å². The van der Waals surface area contributed by atoms with Crippen molar-refractivity contribution >= 4 is 36.6 Å². The van der Waals surface area contributed by atoms with Crippen LogP contribution in [0.15, 0.2) is 108 Å². The fourth-order valence-corrected chi connectivity index (χ4v) is 10.8. The van der Waals surface area contributed by atoms with E-state index < -0.39 is 31.5 Å². The van der Waals surface area contributed by atoms with Crippen molar-refractivity contribution < 1.29 is 29.0 Å². The molecule has 5 aromatic rings. The molecule has 274 valence electrons. The lowest BCUT2D eigenvalue weighted by atomic mass is 9.82. The Hall–Kier alpha value is -5.14. The molecule has 7 rings (SSSR count). The Kier molecular flexibility index (Phi) is 9.81. The van der Waals surface area contributed by atoms with Crippen LogP contribution in [-0.4, -0.2) is 71.1 Å². The lowest BCUT2D eigenvalue weighted by Gasteiger charge is -2.32. The molecule has 2 amide bonds. The summed E-state index contributed by atoms with van der Waals surface area (Å²) in [6.45, 7) is 6.05. The van der Waals surface area contributed by atoms with E-state index in [4.69, 9.17) is 9.47 Å². The van der Waals surface area contributed by atoms with Gasteiger partial charge in [-0.05, 0) is 60.6 Å². The fourth-order valence-electron chi connectivity index (χ4n) is 8.26. The Balaban J connectivity index is 1.20. The summed E-state index contributed by atoms with van der Waals surface area (Å²) in [6, 6.07) is 29.7. The number of fused-ring (bicyclic) bond motifs is 3. The summed E-state index contributed by atoms with van der Waals surface area (Å²) >= 11 is 0. The van der Waals surface area contributed by atoms with Gasteiger partial charge in [-0.15, -0.1) is 0 Å². The number of aliphatic hydroxyl groups excluding tert-OH is 1. The SMILES string of the molecule is COc1ccc2c(c1)[C@@]1(O[C@H](CC(=O)N(CCO)Cc3ccccc3)[C@@H]([Si](C)(C)O)[C@@H]1C)C(=O)N2Cc1ccc(-n2ncc3ccccc3c2=O)cc1. The Labute approximate surface area is 309 Å². The minimum Gasteiger partial charge on any atom is -0.497 e. The van der Waals surface area contributed by atoms with E-state index in [9.17, 15) is 24.3 Å². The van der Waals surface area contributed by atoms with Crippen LogP contribution in [0.5, 0.6) is 5.75 Å². The molecule has 53 heavy (non-hydrogen) atoms. The van der Waals surface area contributed by atoms with Gasteiger partial charge in [0.05, 0.1) is 55.7 Å². The summed E-state index contributed by atoms with van der Waals surface area (Å²) in [5.41, 5.74) is 1.47. The monoisotopic (exact) mass is 732 g/mol. The second-order valence-corrected chi connectivity index (χ2v) is 18.5. The van der Waals surface area contributed by atoms with Crippen molar-refractivity contribution in [2.24, 2.45) is 5.92 Å². The lowest BCUT2D eigenvalue weighted by Crippen LogP contribution is -2.46. The summed E-state index contributed by atoms with van der Waals surface area (Å²) in [4.78, 5) is 57.2. The van der Waals surface area contributed by atoms with Gasteiger partial charge in [-0.3, -0.25) is 14.4 Å². The smallest absolute Gasteiger partial charge is 0.279 e. The predicted molar refractivity (Wildman–Crippen MR) is 204 cm³/mol. The number of methoxy groups -OCH3 is 1. The average molecular weight is 733 g/mol. The van der Waals surface area contributed by atoms with Crippen molar-refractivity contribution in [3.63, 3.8) is 0 Å². The third kappa shape index (κ3) is 6.56. The van der Waals surface area contributed by atoms with Crippen LogP contribution in [0, 0.1) is 5.92 Å². The second kappa shape index (κ2) is 14.4. The molecular formula is C41H44N4O7Si. The van der Waals surface area contributed by atoms with Crippen molar-refractivity contribution in [2.45, 2.75) is 56.8 Å². The number of nitrogens with zero attached hydrogens (tertiary/aromatic N) is 4. The first-order chi connectivity index (χ1) is 25.5. The quantitative estimate of drug-likeness (QED) is 0.178. The van der Waals surface area contributed by atoms with Crippen molar-refractivity contribution in [1.82, 2.24) is 14.7 Å². The van der Waals surface area contributed by atoms with Crippen LogP contribution < -0.4 is 15.2 Å². The van der Waals surface area contributed by atoms with Crippen molar-refractivity contribution in [1.29, 1.82) is 0 Å². The molecule has 4 aromatic carbocycles. The molecule has 0 bridgehead atoms. The normalized spacial score (nSPS) is 21.0. The van der Waals surface area contributed by atoms with Crippen LogP contribution in [0.2, 0.25) is 18.6 Å². The van der Waals surface area contributed by atoms with Gasteiger partial charge in [-0.1, -0.05) is 67.6 Å². The summed E-state index contributed by atoms with van der Waals surface area (Å²) in [6.07, 6.45) is 0.853. The van der Waals surface area contributed by atoms with Gasteiger partial charge in [-0.25, -0.2) is 0 Å². The van der Waals surface area contributed by atoms with Gasteiger partial charge < -0.3 is 29.2 Å². The van der Waals surface area contributed by atoms with Crippen molar-refractivity contribution in [2.75, 3.05) is 25.2 Å². The summed E-state index contributed by atoms with van der Waals surface area (Å²) < 4.78 is 13.9. The third-order valence-corrected chi connectivity index (χ3v) is 13.2. The molecule has 2 aliphatic heterocycles. The van der Waals surface area contributed by atoms with E-state index in [1.54, 1.807) is 35.2 Å². The highest BCUT2D eigenvalue weighted by Crippen LogP contribution is 2.60. The Bertz CT molecular complexity index is 2200. The minimum atomic E-state index is -3.05. The van der Waals surface area contributed by atoms with Gasteiger partial charge >= 0.3 is 0 Å². The van der Waals surface area contributed by atoms with E-state index in [0.29, 0.717) is 34.6 Å². The maximum absolute atomic E-state index is 14.9. The third-order valence-electron chi connectivity index (χ3n) is 10.7. The number of amides is 2. The molecule has 0 aliphatic carbocycles. The molecule has 1 spiro atoms. The molecule has 0 radical (unpaired) electrons. The second-order valence-electron chi connectivity index (χ2n) is 14.5. The molecule has 2 aliphatic rings. The van der Waals surface area contributed by atoms with Crippen LogP contribution in [0.1, 0.15) is 30.0 Å². The molecule has 4 atom stereocenters. The minimum absolute atomic E-state index is 0.0587. The number of aliphatic hydroxyl groups is 1. The summed E-state index contributed by atoms with van der Waals surface area (Å²) in [5, 5.41) is 15.6. The Morgan fingerprint density at radius 1 is 0.981 bits per heavy atom. The number of carbonyl (C=O) groups excluding carboxylic acids is 2. The van der Waals surface area contributed by atoms with E-state index in [2.05, 4.69) is 5.10 Å². The highest BCUT2D eigenvalue weighted by molar-refractivity contribution is 6.71. The Morgan fingerprint density at radius 2 is 1.70 bits per heavy atom. The zero-order chi connectivity index (χ0) is 37.5. The Morgan fingerprint density at radius 3 is 2.40 bits per heavy atom. The summed E-state index contributed by atoms with van der Waals surface area (Å²) in [7, 11) is -1.48. The number of carbonyl (C=O) groups is 2. The fraction of sp³-hybridized carbons (Fsp3) is 0.317. The van der Waals surface area contributed by atoms with E-state index in [1.165, 1.54) is 4.68 Å². The maximum atomic E-state index is 14.9. The van der Waals surface area contributed by atoms with Crippen LogP contribution in [0.3, 0.4) is 0 Å². The molecule has 0 saturated carbocycles. The first-order valence-electron chi connectivity index (χ1n) is 17.9. The molecule has 2 N–H and O–H groups in total. The average Bonchev–Trinajstić information content (AvgIpc) is 3.58. The van der Waals surface area contributed by atoms with E-state index in [1.807, 2.05) is 105 Å². The van der Waals surface area contributed by atoms with Gasteiger partial charge in [0, 0.05) is 35.5 Å². The molecule has 1 fully saturated rings. The number of benzene rings is 4. The molecule has 1 aromatic heterocycles. The molecule has 12 heteroatoms. The molecular weight excluding hydrogens is 689 g/mol. The topological polar surface area (TPSA) is 134 Å². The predicted octanol–water partition coefficient (Wildman–Crippen LogP) is 5.15. The first kappa shape index (κ1) is 36.2.